The van der Waals surface area contributed by atoms with Crippen molar-refractivity contribution in [2.45, 2.75) is 52.2 Å². The number of hydrogen-bond acceptors (Lipinski definition) is 3. The van der Waals surface area contributed by atoms with Crippen molar-refractivity contribution in [3.05, 3.63) is 48.5 Å². The SMILES string of the molecule is CCCCN1CCC(Oc2ccc(-c3cc4cc(OC)ccc4n3CC)cc2)CC1. The van der Waals surface area contributed by atoms with Crippen molar-refractivity contribution in [3.8, 4) is 22.8 Å². The first-order valence-electron chi connectivity index (χ1n) is 11.4. The number of fused-ring (bicyclic) bond motifs is 1. The molecular weight excluding hydrogens is 372 g/mol. The second-order valence-electron chi connectivity index (χ2n) is 8.24. The van der Waals surface area contributed by atoms with Gasteiger partial charge in [0, 0.05) is 36.2 Å². The van der Waals surface area contributed by atoms with Crippen LogP contribution in [0.3, 0.4) is 0 Å². The van der Waals surface area contributed by atoms with E-state index in [0.717, 1.165) is 44.0 Å². The number of aryl methyl sites for hydroxylation is 1. The van der Waals surface area contributed by atoms with E-state index in [1.807, 2.05) is 6.07 Å². The third kappa shape index (κ3) is 4.49. The molecule has 30 heavy (non-hydrogen) atoms. The number of nitrogens with zero attached hydrogens (tertiary/aromatic N) is 2. The van der Waals surface area contributed by atoms with Gasteiger partial charge in [-0.3, -0.25) is 0 Å². The molecule has 0 saturated carbocycles. The molecule has 0 bridgehead atoms. The van der Waals surface area contributed by atoms with Gasteiger partial charge in [0.15, 0.2) is 0 Å². The predicted molar refractivity (Wildman–Crippen MR) is 125 cm³/mol. The molecule has 160 valence electrons. The van der Waals surface area contributed by atoms with Crippen molar-refractivity contribution >= 4 is 10.9 Å². The van der Waals surface area contributed by atoms with E-state index in [1.165, 1.54) is 41.5 Å². The first-order chi connectivity index (χ1) is 14.7. The number of hydrogen-bond donors (Lipinski definition) is 0. The smallest absolute Gasteiger partial charge is 0.119 e. The maximum Gasteiger partial charge on any atom is 0.119 e. The molecule has 3 aromatic rings. The standard InChI is InChI=1S/C26H34N2O2/c1-4-6-15-27-16-13-23(14-17-27)30-22-9-7-20(8-10-22)26-19-21-18-24(29-3)11-12-25(21)28(26)5-2/h7-12,18-19,23H,4-6,13-17H2,1-3H3. The minimum atomic E-state index is 0.336. The van der Waals surface area contributed by atoms with E-state index in [1.54, 1.807) is 7.11 Å². The second kappa shape index (κ2) is 9.57. The van der Waals surface area contributed by atoms with Crippen LogP contribution >= 0.6 is 0 Å². The monoisotopic (exact) mass is 406 g/mol. The summed E-state index contributed by atoms with van der Waals surface area (Å²) in [6.45, 7) is 8.93. The molecule has 0 unspecified atom stereocenters. The Balaban J connectivity index is 1.45. The highest BCUT2D eigenvalue weighted by molar-refractivity contribution is 5.88. The third-order valence-electron chi connectivity index (χ3n) is 6.24. The van der Waals surface area contributed by atoms with E-state index in [9.17, 15) is 0 Å². The minimum absolute atomic E-state index is 0.336. The summed E-state index contributed by atoms with van der Waals surface area (Å²) < 4.78 is 14.0. The highest BCUT2D eigenvalue weighted by atomic mass is 16.5. The van der Waals surface area contributed by atoms with E-state index in [0.29, 0.717) is 6.10 Å². The number of ether oxygens (including phenoxy) is 2. The summed E-state index contributed by atoms with van der Waals surface area (Å²) in [7, 11) is 1.71. The van der Waals surface area contributed by atoms with Gasteiger partial charge in [-0.05, 0) is 86.8 Å². The van der Waals surface area contributed by atoms with E-state index >= 15 is 0 Å². The van der Waals surface area contributed by atoms with Gasteiger partial charge >= 0.3 is 0 Å². The molecule has 1 aliphatic rings. The summed E-state index contributed by atoms with van der Waals surface area (Å²) in [5, 5.41) is 1.21. The molecule has 0 aliphatic carbocycles. The number of likely N-dealkylation sites (tertiary alicyclic amines) is 1. The highest BCUT2D eigenvalue weighted by Gasteiger charge is 2.20. The predicted octanol–water partition coefficient (Wildman–Crippen LogP) is 5.98. The van der Waals surface area contributed by atoms with Gasteiger partial charge in [0.1, 0.15) is 17.6 Å². The Bertz CT molecular complexity index is 953. The summed E-state index contributed by atoms with van der Waals surface area (Å²) >= 11 is 0. The Morgan fingerprint density at radius 3 is 2.33 bits per heavy atom. The van der Waals surface area contributed by atoms with Crippen LogP contribution in [0.25, 0.3) is 22.2 Å². The van der Waals surface area contributed by atoms with Crippen LogP contribution in [-0.2, 0) is 6.54 Å². The zero-order chi connectivity index (χ0) is 20.9. The Morgan fingerprint density at radius 1 is 0.933 bits per heavy atom. The van der Waals surface area contributed by atoms with Gasteiger partial charge in [0.25, 0.3) is 0 Å². The number of piperidine rings is 1. The second-order valence-corrected chi connectivity index (χ2v) is 8.24. The molecule has 4 nitrogen and oxygen atoms in total. The summed E-state index contributed by atoms with van der Waals surface area (Å²) in [5.41, 5.74) is 3.69. The van der Waals surface area contributed by atoms with E-state index < -0.39 is 0 Å². The largest absolute Gasteiger partial charge is 0.497 e. The third-order valence-corrected chi connectivity index (χ3v) is 6.24. The Morgan fingerprint density at radius 2 is 1.67 bits per heavy atom. The first-order valence-corrected chi connectivity index (χ1v) is 11.4. The number of methoxy groups -OCH3 is 1. The van der Waals surface area contributed by atoms with Crippen LogP contribution in [-0.4, -0.2) is 42.3 Å². The van der Waals surface area contributed by atoms with Crippen LogP contribution < -0.4 is 9.47 Å². The van der Waals surface area contributed by atoms with Gasteiger partial charge in [0.2, 0.25) is 0 Å². The van der Waals surface area contributed by atoms with E-state index in [2.05, 4.69) is 65.8 Å². The fraction of sp³-hybridized carbons (Fsp3) is 0.462. The normalized spacial score (nSPS) is 15.6. The van der Waals surface area contributed by atoms with Crippen molar-refractivity contribution in [2.75, 3.05) is 26.7 Å². The van der Waals surface area contributed by atoms with Crippen molar-refractivity contribution in [1.82, 2.24) is 9.47 Å². The van der Waals surface area contributed by atoms with E-state index in [4.69, 9.17) is 9.47 Å². The summed E-state index contributed by atoms with van der Waals surface area (Å²) in [6, 6.07) is 17.1. The van der Waals surface area contributed by atoms with Crippen LogP contribution in [0.15, 0.2) is 48.5 Å². The number of aromatic nitrogens is 1. The van der Waals surface area contributed by atoms with Gasteiger partial charge in [0.05, 0.1) is 7.11 Å². The molecule has 4 heteroatoms. The molecule has 0 spiro atoms. The topological polar surface area (TPSA) is 26.6 Å². The first kappa shape index (κ1) is 20.8. The zero-order valence-electron chi connectivity index (χ0n) is 18.6. The van der Waals surface area contributed by atoms with Gasteiger partial charge in [-0.1, -0.05) is 13.3 Å². The highest BCUT2D eigenvalue weighted by Crippen LogP contribution is 2.32. The molecule has 1 fully saturated rings. The number of benzene rings is 2. The molecule has 0 amide bonds. The summed E-state index contributed by atoms with van der Waals surface area (Å²) in [6.07, 6.45) is 5.15. The lowest BCUT2D eigenvalue weighted by Gasteiger charge is -2.32. The number of rotatable bonds is 8. The van der Waals surface area contributed by atoms with Crippen molar-refractivity contribution in [3.63, 3.8) is 0 Å². The molecule has 0 atom stereocenters. The lowest BCUT2D eigenvalue weighted by atomic mass is 10.1. The van der Waals surface area contributed by atoms with Crippen LogP contribution in [0.4, 0.5) is 0 Å². The lowest BCUT2D eigenvalue weighted by molar-refractivity contribution is 0.0998. The van der Waals surface area contributed by atoms with E-state index in [-0.39, 0.29) is 0 Å². The van der Waals surface area contributed by atoms with Gasteiger partial charge in [-0.25, -0.2) is 0 Å². The van der Waals surface area contributed by atoms with Crippen LogP contribution in [0.5, 0.6) is 11.5 Å². The van der Waals surface area contributed by atoms with Gasteiger partial charge < -0.3 is 18.9 Å². The molecule has 2 heterocycles. The molecule has 0 radical (unpaired) electrons. The van der Waals surface area contributed by atoms with Crippen LogP contribution in [0.2, 0.25) is 0 Å². The Kier molecular flexibility index (Phi) is 6.63. The maximum atomic E-state index is 6.29. The minimum Gasteiger partial charge on any atom is -0.497 e. The van der Waals surface area contributed by atoms with Crippen LogP contribution in [0.1, 0.15) is 39.5 Å². The fourth-order valence-corrected chi connectivity index (χ4v) is 4.48. The van der Waals surface area contributed by atoms with Crippen molar-refractivity contribution < 1.29 is 9.47 Å². The molecule has 2 aromatic carbocycles. The van der Waals surface area contributed by atoms with Gasteiger partial charge in [-0.2, -0.15) is 0 Å². The van der Waals surface area contributed by atoms with Crippen LogP contribution in [0, 0.1) is 0 Å². The Hall–Kier alpha value is -2.46. The molecule has 4 rings (SSSR count). The molecule has 0 N–H and O–H groups in total. The lowest BCUT2D eigenvalue weighted by Crippen LogP contribution is -2.38. The average molecular weight is 407 g/mol. The molecule has 1 aliphatic heterocycles. The van der Waals surface area contributed by atoms with Crippen molar-refractivity contribution in [2.24, 2.45) is 0 Å². The summed E-state index contributed by atoms with van der Waals surface area (Å²) in [4.78, 5) is 2.57. The molecular formula is C26H34N2O2. The average Bonchev–Trinajstić information content (AvgIpc) is 3.16. The maximum absolute atomic E-state index is 6.29. The van der Waals surface area contributed by atoms with Crippen molar-refractivity contribution in [1.29, 1.82) is 0 Å². The quantitative estimate of drug-likeness (QED) is 0.460. The molecule has 1 aromatic heterocycles. The fourth-order valence-electron chi connectivity index (χ4n) is 4.48. The van der Waals surface area contributed by atoms with Gasteiger partial charge in [-0.15, -0.1) is 0 Å². The zero-order valence-corrected chi connectivity index (χ0v) is 18.6. The number of unbranched alkanes of at least 4 members (excludes halogenated alkanes) is 1. The molecule has 1 saturated heterocycles. The Labute approximate surface area is 180 Å². The summed E-state index contributed by atoms with van der Waals surface area (Å²) in [5.74, 6) is 1.87.